The summed E-state index contributed by atoms with van der Waals surface area (Å²) in [7, 11) is 0. The molecule has 3 rings (SSSR count). The first-order chi connectivity index (χ1) is 10.8. The number of carbonyl (C=O) groups excluding carboxylic acids is 2. The number of fused-ring (bicyclic) bond motifs is 1. The summed E-state index contributed by atoms with van der Waals surface area (Å²) in [6.07, 6.45) is -4.62. The monoisotopic (exact) mass is 320 g/mol. The summed E-state index contributed by atoms with van der Waals surface area (Å²) in [6.45, 7) is -0.457. The second-order valence-corrected chi connectivity index (χ2v) is 5.16. The van der Waals surface area contributed by atoms with Gasteiger partial charge in [0.2, 0.25) is 0 Å². The Balaban J connectivity index is 1.99. The molecular weight excluding hydrogens is 309 g/mol. The van der Waals surface area contributed by atoms with Gasteiger partial charge in [0.1, 0.15) is 0 Å². The van der Waals surface area contributed by atoms with E-state index in [4.69, 9.17) is 5.73 Å². The highest BCUT2D eigenvalue weighted by Gasteiger charge is 2.38. The number of alkyl halides is 3. The standard InChI is InChI=1S/C16H11F3N2O2/c17-16(18,19)13-7-10(20)6-5-9(13)8-21-14(22)11-3-1-2-4-12(11)15(21)23/h1-7H,8,20H2. The van der Waals surface area contributed by atoms with Crippen molar-refractivity contribution in [2.45, 2.75) is 12.7 Å². The van der Waals surface area contributed by atoms with Crippen molar-refractivity contribution in [1.29, 1.82) is 0 Å². The number of imide groups is 1. The fourth-order valence-electron chi connectivity index (χ4n) is 2.55. The van der Waals surface area contributed by atoms with E-state index in [0.717, 1.165) is 11.0 Å². The van der Waals surface area contributed by atoms with Crippen molar-refractivity contribution < 1.29 is 22.8 Å². The molecule has 0 fully saturated rings. The minimum atomic E-state index is -4.62. The molecule has 118 valence electrons. The molecule has 1 aliphatic rings. The normalized spacial score (nSPS) is 14.3. The van der Waals surface area contributed by atoms with Crippen LogP contribution >= 0.6 is 0 Å². The predicted octanol–water partition coefficient (Wildman–Crippen LogP) is 3.08. The highest BCUT2D eigenvalue weighted by Crippen LogP contribution is 2.35. The number of carbonyl (C=O) groups is 2. The molecule has 0 aliphatic carbocycles. The zero-order valence-electron chi connectivity index (χ0n) is 11.7. The van der Waals surface area contributed by atoms with Crippen LogP contribution in [-0.4, -0.2) is 16.7 Å². The molecule has 1 heterocycles. The molecule has 2 aromatic rings. The SMILES string of the molecule is Nc1ccc(CN2C(=O)c3ccccc3C2=O)c(C(F)(F)F)c1. The van der Waals surface area contributed by atoms with Gasteiger partial charge in [-0.1, -0.05) is 18.2 Å². The molecule has 2 aromatic carbocycles. The van der Waals surface area contributed by atoms with Gasteiger partial charge in [0.25, 0.3) is 11.8 Å². The summed E-state index contributed by atoms with van der Waals surface area (Å²) >= 11 is 0. The van der Waals surface area contributed by atoms with E-state index >= 15 is 0 Å². The number of benzene rings is 2. The van der Waals surface area contributed by atoms with Crippen molar-refractivity contribution in [3.05, 3.63) is 64.7 Å². The number of anilines is 1. The first-order valence-corrected chi connectivity index (χ1v) is 6.70. The maximum atomic E-state index is 13.1. The number of nitrogens with zero attached hydrogens (tertiary/aromatic N) is 1. The van der Waals surface area contributed by atoms with E-state index in [1.54, 1.807) is 12.1 Å². The molecule has 7 heteroatoms. The van der Waals surface area contributed by atoms with Gasteiger partial charge in [-0.2, -0.15) is 13.2 Å². The summed E-state index contributed by atoms with van der Waals surface area (Å²) in [5, 5.41) is 0. The van der Waals surface area contributed by atoms with Crippen molar-refractivity contribution in [3.8, 4) is 0 Å². The molecule has 0 saturated carbocycles. The molecule has 23 heavy (non-hydrogen) atoms. The predicted molar refractivity (Wildman–Crippen MR) is 76.5 cm³/mol. The first-order valence-electron chi connectivity index (χ1n) is 6.70. The van der Waals surface area contributed by atoms with Gasteiger partial charge in [-0.15, -0.1) is 0 Å². The Bertz CT molecular complexity index is 780. The van der Waals surface area contributed by atoms with Crippen LogP contribution in [0.2, 0.25) is 0 Å². The first kappa shape index (κ1) is 15.1. The third kappa shape index (κ3) is 2.54. The second-order valence-electron chi connectivity index (χ2n) is 5.16. The van der Waals surface area contributed by atoms with Crippen LogP contribution in [0.1, 0.15) is 31.8 Å². The van der Waals surface area contributed by atoms with Crippen molar-refractivity contribution in [3.63, 3.8) is 0 Å². The van der Waals surface area contributed by atoms with Crippen LogP contribution in [0.15, 0.2) is 42.5 Å². The number of nitrogen functional groups attached to an aromatic ring is 1. The summed E-state index contributed by atoms with van der Waals surface area (Å²) in [6, 6.07) is 9.43. The number of hydrogen-bond donors (Lipinski definition) is 1. The average molecular weight is 320 g/mol. The van der Waals surface area contributed by atoms with Gasteiger partial charge in [-0.25, -0.2) is 0 Å². The molecule has 0 radical (unpaired) electrons. The smallest absolute Gasteiger partial charge is 0.399 e. The number of hydrogen-bond acceptors (Lipinski definition) is 3. The summed E-state index contributed by atoms with van der Waals surface area (Å²) < 4.78 is 39.3. The highest BCUT2D eigenvalue weighted by molar-refractivity contribution is 6.21. The van der Waals surface area contributed by atoms with E-state index in [9.17, 15) is 22.8 Å². The molecule has 0 spiro atoms. The van der Waals surface area contributed by atoms with Gasteiger partial charge in [-0.05, 0) is 29.8 Å². The van der Waals surface area contributed by atoms with E-state index < -0.39 is 30.1 Å². The quantitative estimate of drug-likeness (QED) is 0.683. The maximum Gasteiger partial charge on any atom is 0.416 e. The van der Waals surface area contributed by atoms with Gasteiger partial charge >= 0.3 is 6.18 Å². The van der Waals surface area contributed by atoms with E-state index in [1.807, 2.05) is 0 Å². The molecule has 0 atom stereocenters. The third-order valence-electron chi connectivity index (χ3n) is 3.65. The Morgan fingerprint density at radius 1 is 0.957 bits per heavy atom. The molecule has 0 unspecified atom stereocenters. The van der Waals surface area contributed by atoms with Crippen LogP contribution in [0.3, 0.4) is 0 Å². The van der Waals surface area contributed by atoms with Crippen LogP contribution in [0, 0.1) is 0 Å². The van der Waals surface area contributed by atoms with Crippen molar-refractivity contribution in [2.24, 2.45) is 0 Å². The molecule has 2 N–H and O–H groups in total. The van der Waals surface area contributed by atoms with E-state index in [1.165, 1.54) is 24.3 Å². The molecule has 0 saturated heterocycles. The van der Waals surface area contributed by atoms with Crippen LogP contribution in [0.5, 0.6) is 0 Å². The Morgan fingerprint density at radius 3 is 2.04 bits per heavy atom. The van der Waals surface area contributed by atoms with Gasteiger partial charge in [0, 0.05) is 5.69 Å². The van der Waals surface area contributed by atoms with Gasteiger partial charge in [0.05, 0.1) is 23.2 Å². The minimum absolute atomic E-state index is 0.0385. The fraction of sp³-hybridized carbons (Fsp3) is 0.125. The molecule has 0 aromatic heterocycles. The van der Waals surface area contributed by atoms with E-state index in [2.05, 4.69) is 0 Å². The number of rotatable bonds is 2. The highest BCUT2D eigenvalue weighted by atomic mass is 19.4. The van der Waals surface area contributed by atoms with Gasteiger partial charge < -0.3 is 5.73 Å². The van der Waals surface area contributed by atoms with Crippen LogP contribution in [-0.2, 0) is 12.7 Å². The Kier molecular flexibility index (Phi) is 3.35. The second kappa shape index (κ2) is 5.12. The number of nitrogens with two attached hydrogens (primary N) is 1. The zero-order chi connectivity index (χ0) is 16.8. The summed E-state index contributed by atoms with van der Waals surface area (Å²) in [4.78, 5) is 25.3. The Labute approximate surface area is 129 Å². The van der Waals surface area contributed by atoms with E-state index in [-0.39, 0.29) is 22.4 Å². The lowest BCUT2D eigenvalue weighted by Gasteiger charge is -2.18. The fourth-order valence-corrected chi connectivity index (χ4v) is 2.55. The molecular formula is C16H11F3N2O2. The molecule has 0 bridgehead atoms. The zero-order valence-corrected chi connectivity index (χ0v) is 11.7. The van der Waals surface area contributed by atoms with Crippen LogP contribution < -0.4 is 5.73 Å². The topological polar surface area (TPSA) is 63.4 Å². The number of halogens is 3. The van der Waals surface area contributed by atoms with Crippen molar-refractivity contribution in [2.75, 3.05) is 5.73 Å². The summed E-state index contributed by atoms with van der Waals surface area (Å²) in [5.41, 5.74) is 4.63. The average Bonchev–Trinajstić information content (AvgIpc) is 2.73. The van der Waals surface area contributed by atoms with Gasteiger partial charge in [-0.3, -0.25) is 14.5 Å². The Hall–Kier alpha value is -2.83. The van der Waals surface area contributed by atoms with E-state index in [0.29, 0.717) is 0 Å². The maximum absolute atomic E-state index is 13.1. The minimum Gasteiger partial charge on any atom is -0.399 e. The lowest BCUT2D eigenvalue weighted by atomic mass is 10.1. The Morgan fingerprint density at radius 2 is 1.52 bits per heavy atom. The molecule has 1 aliphatic heterocycles. The molecule has 4 nitrogen and oxygen atoms in total. The largest absolute Gasteiger partial charge is 0.416 e. The van der Waals surface area contributed by atoms with Crippen LogP contribution in [0.25, 0.3) is 0 Å². The lowest BCUT2D eigenvalue weighted by Crippen LogP contribution is -2.30. The summed E-state index contributed by atoms with van der Waals surface area (Å²) in [5.74, 6) is -1.20. The van der Waals surface area contributed by atoms with Gasteiger partial charge in [0.15, 0.2) is 0 Å². The van der Waals surface area contributed by atoms with Crippen LogP contribution in [0.4, 0.5) is 18.9 Å². The van der Waals surface area contributed by atoms with Crippen molar-refractivity contribution in [1.82, 2.24) is 4.90 Å². The van der Waals surface area contributed by atoms with Crippen molar-refractivity contribution >= 4 is 17.5 Å². The molecule has 2 amide bonds. The lowest BCUT2D eigenvalue weighted by molar-refractivity contribution is -0.138. The third-order valence-corrected chi connectivity index (χ3v) is 3.65. The number of amides is 2.